The van der Waals surface area contributed by atoms with Crippen molar-refractivity contribution in [3.63, 3.8) is 0 Å². The maximum Gasteiger partial charge on any atom is 0.0829 e. The van der Waals surface area contributed by atoms with E-state index in [1.165, 1.54) is 0 Å². The predicted molar refractivity (Wildman–Crippen MR) is 83.4 cm³/mol. The van der Waals surface area contributed by atoms with Gasteiger partial charge in [-0.3, -0.25) is 4.98 Å². The van der Waals surface area contributed by atoms with Crippen LogP contribution in [0.25, 0.3) is 0 Å². The first-order chi connectivity index (χ1) is 9.11. The summed E-state index contributed by atoms with van der Waals surface area (Å²) in [6.45, 7) is 7.44. The van der Waals surface area contributed by atoms with E-state index in [0.29, 0.717) is 0 Å². The van der Waals surface area contributed by atoms with Crippen molar-refractivity contribution in [1.29, 1.82) is 0 Å². The predicted octanol–water partition coefficient (Wildman–Crippen LogP) is 3.57. The number of nitrogens with zero attached hydrogens (tertiary/aromatic N) is 1. The van der Waals surface area contributed by atoms with Crippen LogP contribution in [0.15, 0.2) is 22.8 Å². The fraction of sp³-hybridized carbons (Fsp3) is 0.667. The molecule has 1 heterocycles. The van der Waals surface area contributed by atoms with Crippen LogP contribution in [-0.4, -0.2) is 30.3 Å². The second-order valence-corrected chi connectivity index (χ2v) is 5.67. The lowest BCUT2D eigenvalue weighted by Crippen LogP contribution is -2.52. The molecule has 1 atom stereocenters. The Morgan fingerprint density at radius 3 is 2.42 bits per heavy atom. The molecule has 0 bridgehead atoms. The first kappa shape index (κ1) is 16.6. The molecule has 19 heavy (non-hydrogen) atoms. The van der Waals surface area contributed by atoms with Crippen LogP contribution in [0, 0.1) is 0 Å². The summed E-state index contributed by atoms with van der Waals surface area (Å²) < 4.78 is 6.86. The highest BCUT2D eigenvalue weighted by Gasteiger charge is 2.35. The van der Waals surface area contributed by atoms with Crippen molar-refractivity contribution in [2.75, 3.05) is 13.7 Å². The Morgan fingerprint density at radius 2 is 2.00 bits per heavy atom. The van der Waals surface area contributed by atoms with Crippen molar-refractivity contribution in [2.24, 2.45) is 0 Å². The molecule has 1 N–H and O–H groups in total. The van der Waals surface area contributed by atoms with Gasteiger partial charge in [0, 0.05) is 35.9 Å². The van der Waals surface area contributed by atoms with Gasteiger partial charge in [-0.2, -0.15) is 0 Å². The molecule has 0 fully saturated rings. The zero-order valence-corrected chi connectivity index (χ0v) is 14.0. The highest BCUT2D eigenvalue weighted by molar-refractivity contribution is 9.10. The van der Waals surface area contributed by atoms with E-state index in [-0.39, 0.29) is 11.6 Å². The molecule has 3 nitrogen and oxygen atoms in total. The lowest BCUT2D eigenvalue weighted by atomic mass is 9.85. The van der Waals surface area contributed by atoms with E-state index >= 15 is 0 Å². The zero-order chi connectivity index (χ0) is 14.3. The smallest absolute Gasteiger partial charge is 0.0829 e. The van der Waals surface area contributed by atoms with Crippen LogP contribution in [-0.2, 0) is 11.2 Å². The fourth-order valence-corrected chi connectivity index (χ4v) is 2.84. The van der Waals surface area contributed by atoms with E-state index in [2.05, 4.69) is 53.1 Å². The monoisotopic (exact) mass is 328 g/mol. The summed E-state index contributed by atoms with van der Waals surface area (Å²) in [5, 5.41) is 3.56. The molecular weight excluding hydrogens is 304 g/mol. The van der Waals surface area contributed by atoms with E-state index in [0.717, 1.165) is 36.0 Å². The number of nitrogens with one attached hydrogen (secondary N) is 1. The molecule has 1 aromatic heterocycles. The van der Waals surface area contributed by atoms with Crippen LogP contribution in [0.2, 0.25) is 0 Å². The Morgan fingerprint density at radius 1 is 1.32 bits per heavy atom. The van der Waals surface area contributed by atoms with Gasteiger partial charge in [0.1, 0.15) is 0 Å². The summed E-state index contributed by atoms with van der Waals surface area (Å²) in [6.07, 6.45) is 4.73. The minimum atomic E-state index is -0.120. The van der Waals surface area contributed by atoms with Crippen molar-refractivity contribution in [3.05, 3.63) is 28.5 Å². The number of pyridine rings is 1. The van der Waals surface area contributed by atoms with E-state index < -0.39 is 0 Å². The summed E-state index contributed by atoms with van der Waals surface area (Å²) >= 11 is 3.42. The molecule has 0 saturated heterocycles. The van der Waals surface area contributed by atoms with Crippen molar-refractivity contribution in [3.8, 4) is 0 Å². The van der Waals surface area contributed by atoms with Gasteiger partial charge in [-0.05, 0) is 47.4 Å². The van der Waals surface area contributed by atoms with Gasteiger partial charge < -0.3 is 10.1 Å². The molecule has 4 heteroatoms. The molecule has 0 aliphatic heterocycles. The molecule has 1 unspecified atom stereocenters. The van der Waals surface area contributed by atoms with Crippen molar-refractivity contribution in [2.45, 2.75) is 51.7 Å². The molecule has 0 amide bonds. The third-order valence-corrected chi connectivity index (χ3v) is 4.36. The Balaban J connectivity index is 2.90. The van der Waals surface area contributed by atoms with Gasteiger partial charge in [0.2, 0.25) is 0 Å². The number of aromatic nitrogens is 1. The minimum absolute atomic E-state index is 0.120. The lowest BCUT2D eigenvalue weighted by Gasteiger charge is -2.39. The average molecular weight is 329 g/mol. The largest absolute Gasteiger partial charge is 0.377 e. The van der Waals surface area contributed by atoms with Gasteiger partial charge in [-0.15, -0.1) is 0 Å². The molecule has 0 saturated carbocycles. The van der Waals surface area contributed by atoms with Crippen LogP contribution in [0.3, 0.4) is 0 Å². The quantitative estimate of drug-likeness (QED) is 0.792. The van der Waals surface area contributed by atoms with Crippen molar-refractivity contribution < 1.29 is 4.74 Å². The minimum Gasteiger partial charge on any atom is -0.377 e. The Hall–Kier alpha value is -0.450. The summed E-state index contributed by atoms with van der Waals surface area (Å²) in [5.74, 6) is 0. The second-order valence-electron chi connectivity index (χ2n) is 4.76. The molecule has 0 aromatic carbocycles. The maximum absolute atomic E-state index is 5.85. The molecule has 0 aliphatic carbocycles. The van der Waals surface area contributed by atoms with Gasteiger partial charge >= 0.3 is 0 Å². The van der Waals surface area contributed by atoms with E-state index in [4.69, 9.17) is 4.74 Å². The summed E-state index contributed by atoms with van der Waals surface area (Å²) in [7, 11) is 1.81. The Bertz CT molecular complexity index is 355. The molecular formula is C15H25BrN2O. The fourth-order valence-electron chi connectivity index (χ4n) is 2.60. The number of methoxy groups -OCH3 is 1. The molecule has 1 aromatic rings. The normalized spacial score (nSPS) is 13.5. The number of ether oxygens (including phenoxy) is 1. The zero-order valence-electron chi connectivity index (χ0n) is 12.4. The standard InChI is InChI=1S/C15H25BrN2O/c1-5-15(6-2,19-4)14(17-7-3)10-13-9-8-12(16)11-18-13/h8-9,11,14,17H,5-7,10H2,1-4H3. The topological polar surface area (TPSA) is 34.2 Å². The van der Waals surface area contributed by atoms with Crippen LogP contribution < -0.4 is 5.32 Å². The van der Waals surface area contributed by atoms with Gasteiger partial charge in [-0.25, -0.2) is 0 Å². The van der Waals surface area contributed by atoms with Gasteiger partial charge in [0.05, 0.1) is 5.60 Å². The molecule has 0 aliphatic rings. The van der Waals surface area contributed by atoms with Crippen molar-refractivity contribution >= 4 is 15.9 Å². The lowest BCUT2D eigenvalue weighted by molar-refractivity contribution is -0.0470. The van der Waals surface area contributed by atoms with Gasteiger partial charge in [-0.1, -0.05) is 20.8 Å². The highest BCUT2D eigenvalue weighted by atomic mass is 79.9. The van der Waals surface area contributed by atoms with E-state index in [1.807, 2.05) is 19.4 Å². The van der Waals surface area contributed by atoms with Crippen LogP contribution >= 0.6 is 15.9 Å². The van der Waals surface area contributed by atoms with Gasteiger partial charge in [0.15, 0.2) is 0 Å². The van der Waals surface area contributed by atoms with Crippen LogP contribution in [0.5, 0.6) is 0 Å². The maximum atomic E-state index is 5.85. The molecule has 108 valence electrons. The highest BCUT2D eigenvalue weighted by Crippen LogP contribution is 2.26. The third kappa shape index (κ3) is 4.26. The van der Waals surface area contributed by atoms with E-state index in [1.54, 1.807) is 0 Å². The first-order valence-electron chi connectivity index (χ1n) is 7.00. The Labute approximate surface area is 125 Å². The Kier molecular flexibility index (Phi) is 6.97. The SMILES string of the molecule is CCNC(Cc1ccc(Br)cn1)C(CC)(CC)OC. The number of hydrogen-bond acceptors (Lipinski definition) is 3. The van der Waals surface area contributed by atoms with E-state index in [9.17, 15) is 0 Å². The number of halogens is 1. The van der Waals surface area contributed by atoms with Crippen molar-refractivity contribution in [1.82, 2.24) is 10.3 Å². The number of likely N-dealkylation sites (N-methyl/N-ethyl adjacent to an activating group) is 1. The van der Waals surface area contributed by atoms with Crippen LogP contribution in [0.4, 0.5) is 0 Å². The number of rotatable bonds is 8. The number of hydrogen-bond donors (Lipinski definition) is 1. The first-order valence-corrected chi connectivity index (χ1v) is 7.80. The third-order valence-electron chi connectivity index (χ3n) is 3.89. The average Bonchev–Trinajstić information content (AvgIpc) is 2.44. The molecule has 1 rings (SSSR count). The van der Waals surface area contributed by atoms with Gasteiger partial charge in [0.25, 0.3) is 0 Å². The summed E-state index contributed by atoms with van der Waals surface area (Å²) in [4.78, 5) is 4.47. The second kappa shape index (κ2) is 7.98. The molecule has 0 spiro atoms. The molecule has 0 radical (unpaired) electrons. The van der Waals surface area contributed by atoms with Crippen LogP contribution in [0.1, 0.15) is 39.3 Å². The summed E-state index contributed by atoms with van der Waals surface area (Å²) in [5.41, 5.74) is 0.975. The summed E-state index contributed by atoms with van der Waals surface area (Å²) in [6, 6.07) is 4.39.